The zero-order valence-electron chi connectivity index (χ0n) is 15.6. The van der Waals surface area contributed by atoms with E-state index in [4.69, 9.17) is 9.94 Å². The van der Waals surface area contributed by atoms with E-state index >= 15 is 0 Å². The lowest BCUT2D eigenvalue weighted by atomic mass is 9.87. The van der Waals surface area contributed by atoms with Crippen LogP contribution in [0.5, 0.6) is 0 Å². The largest absolute Gasteiger partial charge is 0.380 e. The molecule has 0 radical (unpaired) electrons. The SMILES string of the molecule is COC(CC(=O)NO)C(Cc1ccc(F)cc1C)c1ccnn1C(C)C. The summed E-state index contributed by atoms with van der Waals surface area (Å²) in [6, 6.07) is 6.73. The molecule has 2 N–H and O–H groups in total. The standard InChI is InChI=1S/C19H26FN3O3/c1-12(2)23-17(7-8-21-23)16(18(26-4)11-19(24)22-25)10-14-5-6-15(20)9-13(14)3/h5-9,12,16,18,25H,10-11H2,1-4H3,(H,22,24). The number of ether oxygens (including phenoxy) is 1. The van der Waals surface area contributed by atoms with E-state index in [0.29, 0.717) is 6.42 Å². The van der Waals surface area contributed by atoms with Gasteiger partial charge in [0.05, 0.1) is 12.5 Å². The van der Waals surface area contributed by atoms with Gasteiger partial charge in [0.15, 0.2) is 0 Å². The number of hydrogen-bond donors (Lipinski definition) is 2. The molecule has 2 rings (SSSR count). The zero-order chi connectivity index (χ0) is 19.3. The first-order valence-corrected chi connectivity index (χ1v) is 8.61. The second kappa shape index (κ2) is 8.91. The van der Waals surface area contributed by atoms with E-state index < -0.39 is 12.0 Å². The van der Waals surface area contributed by atoms with Crippen molar-refractivity contribution in [1.82, 2.24) is 15.3 Å². The van der Waals surface area contributed by atoms with Crippen molar-refractivity contribution in [1.29, 1.82) is 0 Å². The number of methoxy groups -OCH3 is 1. The Bertz CT molecular complexity index is 745. The Morgan fingerprint density at radius 3 is 2.69 bits per heavy atom. The first-order chi connectivity index (χ1) is 12.4. The maximum Gasteiger partial charge on any atom is 0.245 e. The van der Waals surface area contributed by atoms with Crippen LogP contribution in [-0.2, 0) is 16.0 Å². The number of carbonyl (C=O) groups excluding carboxylic acids is 1. The second-order valence-corrected chi connectivity index (χ2v) is 6.69. The van der Waals surface area contributed by atoms with E-state index in [1.54, 1.807) is 17.7 Å². The molecular weight excluding hydrogens is 337 g/mol. The average molecular weight is 363 g/mol. The van der Waals surface area contributed by atoms with Crippen LogP contribution in [0.25, 0.3) is 0 Å². The van der Waals surface area contributed by atoms with Gasteiger partial charge in [0.25, 0.3) is 0 Å². The fraction of sp³-hybridized carbons (Fsp3) is 0.474. The summed E-state index contributed by atoms with van der Waals surface area (Å²) < 4.78 is 20.9. The number of halogens is 1. The molecule has 0 bridgehead atoms. The van der Waals surface area contributed by atoms with Gasteiger partial charge in [-0.25, -0.2) is 9.87 Å². The normalized spacial score (nSPS) is 13.7. The smallest absolute Gasteiger partial charge is 0.245 e. The number of rotatable bonds is 8. The first kappa shape index (κ1) is 20.1. The molecule has 0 aliphatic heterocycles. The summed E-state index contributed by atoms with van der Waals surface area (Å²) in [5.41, 5.74) is 4.40. The van der Waals surface area contributed by atoms with Crippen LogP contribution in [0, 0.1) is 12.7 Å². The van der Waals surface area contributed by atoms with Gasteiger partial charge >= 0.3 is 0 Å². The Hall–Kier alpha value is -2.25. The molecule has 0 aliphatic carbocycles. The number of hydroxylamine groups is 1. The minimum absolute atomic E-state index is 0.00117. The highest BCUT2D eigenvalue weighted by atomic mass is 19.1. The quantitative estimate of drug-likeness (QED) is 0.558. The van der Waals surface area contributed by atoms with Crippen LogP contribution in [0.15, 0.2) is 30.5 Å². The van der Waals surface area contributed by atoms with E-state index in [9.17, 15) is 9.18 Å². The highest BCUT2D eigenvalue weighted by Crippen LogP contribution is 2.30. The van der Waals surface area contributed by atoms with E-state index in [2.05, 4.69) is 5.10 Å². The number of nitrogens with one attached hydrogen (secondary N) is 1. The van der Waals surface area contributed by atoms with Gasteiger partial charge in [-0.1, -0.05) is 6.07 Å². The Morgan fingerprint density at radius 2 is 2.12 bits per heavy atom. The van der Waals surface area contributed by atoms with Crippen LogP contribution in [0.1, 0.15) is 49.0 Å². The molecule has 0 fully saturated rings. The summed E-state index contributed by atoms with van der Waals surface area (Å²) in [7, 11) is 1.54. The van der Waals surface area contributed by atoms with Crippen LogP contribution in [0.2, 0.25) is 0 Å². The van der Waals surface area contributed by atoms with Crippen molar-refractivity contribution in [3.05, 3.63) is 53.1 Å². The molecule has 7 heteroatoms. The molecule has 2 aromatic rings. The Kier molecular flexibility index (Phi) is 6.88. The predicted molar refractivity (Wildman–Crippen MR) is 95.5 cm³/mol. The molecule has 6 nitrogen and oxygen atoms in total. The molecule has 0 saturated heterocycles. The topological polar surface area (TPSA) is 76.4 Å². The van der Waals surface area contributed by atoms with Gasteiger partial charge in [-0.2, -0.15) is 5.10 Å². The fourth-order valence-corrected chi connectivity index (χ4v) is 3.22. The van der Waals surface area contributed by atoms with Crippen molar-refractivity contribution in [3.63, 3.8) is 0 Å². The van der Waals surface area contributed by atoms with Gasteiger partial charge in [0.2, 0.25) is 5.91 Å². The maximum absolute atomic E-state index is 13.5. The summed E-state index contributed by atoms with van der Waals surface area (Å²) in [6.07, 6.45) is 1.81. The number of benzene rings is 1. The first-order valence-electron chi connectivity index (χ1n) is 8.61. The van der Waals surface area contributed by atoms with Crippen LogP contribution >= 0.6 is 0 Å². The number of amides is 1. The van der Waals surface area contributed by atoms with Gasteiger partial charge in [0, 0.05) is 31.0 Å². The lowest BCUT2D eigenvalue weighted by Crippen LogP contribution is -2.32. The maximum atomic E-state index is 13.5. The van der Waals surface area contributed by atoms with E-state index in [0.717, 1.165) is 16.8 Å². The van der Waals surface area contributed by atoms with Crippen LogP contribution in [0.3, 0.4) is 0 Å². The summed E-state index contributed by atoms with van der Waals surface area (Å²) in [5.74, 6) is -0.988. The van der Waals surface area contributed by atoms with Crippen LogP contribution < -0.4 is 5.48 Å². The molecule has 2 unspecified atom stereocenters. The summed E-state index contributed by atoms with van der Waals surface area (Å²) in [6.45, 7) is 5.91. The predicted octanol–water partition coefficient (Wildman–Crippen LogP) is 3.15. The molecule has 1 aromatic heterocycles. The fourth-order valence-electron chi connectivity index (χ4n) is 3.22. The lowest BCUT2D eigenvalue weighted by Gasteiger charge is -2.28. The summed E-state index contributed by atoms with van der Waals surface area (Å²) in [4.78, 5) is 11.7. The number of hydrogen-bond acceptors (Lipinski definition) is 4. The minimum Gasteiger partial charge on any atom is -0.380 e. The number of aromatic nitrogens is 2. The van der Waals surface area contributed by atoms with Crippen molar-refractivity contribution < 1.29 is 19.1 Å². The molecular formula is C19H26FN3O3. The third-order valence-electron chi connectivity index (χ3n) is 4.58. The Balaban J connectivity index is 2.43. The van der Waals surface area contributed by atoms with Crippen molar-refractivity contribution in [3.8, 4) is 0 Å². The minimum atomic E-state index is -0.520. The van der Waals surface area contributed by atoms with Gasteiger partial charge in [-0.3, -0.25) is 14.7 Å². The second-order valence-electron chi connectivity index (χ2n) is 6.69. The highest BCUT2D eigenvalue weighted by Gasteiger charge is 2.29. The molecule has 1 heterocycles. The monoisotopic (exact) mass is 363 g/mol. The molecule has 26 heavy (non-hydrogen) atoms. The zero-order valence-corrected chi connectivity index (χ0v) is 15.6. The third-order valence-corrected chi connectivity index (χ3v) is 4.58. The third kappa shape index (κ3) is 4.68. The van der Waals surface area contributed by atoms with Crippen LogP contribution in [-0.4, -0.2) is 34.1 Å². The van der Waals surface area contributed by atoms with E-state index in [1.807, 2.05) is 31.5 Å². The summed E-state index contributed by atoms with van der Waals surface area (Å²) >= 11 is 0. The van der Waals surface area contributed by atoms with Crippen LogP contribution in [0.4, 0.5) is 4.39 Å². The van der Waals surface area contributed by atoms with Crippen molar-refractivity contribution in [2.75, 3.05) is 7.11 Å². The highest BCUT2D eigenvalue weighted by molar-refractivity contribution is 5.75. The van der Waals surface area contributed by atoms with Crippen molar-refractivity contribution >= 4 is 5.91 Å². The van der Waals surface area contributed by atoms with Gasteiger partial charge < -0.3 is 4.74 Å². The van der Waals surface area contributed by atoms with Gasteiger partial charge in [-0.15, -0.1) is 0 Å². The van der Waals surface area contributed by atoms with E-state index in [-0.39, 0.29) is 24.2 Å². The Labute approximate surface area is 152 Å². The average Bonchev–Trinajstić information content (AvgIpc) is 3.09. The number of nitrogens with zero attached hydrogens (tertiary/aromatic N) is 2. The van der Waals surface area contributed by atoms with Crippen molar-refractivity contribution in [2.45, 2.75) is 51.7 Å². The number of carbonyl (C=O) groups is 1. The lowest BCUT2D eigenvalue weighted by molar-refractivity contribution is -0.132. The molecule has 1 aromatic carbocycles. The van der Waals surface area contributed by atoms with Gasteiger partial charge in [-0.05, 0) is 56.5 Å². The number of aryl methyl sites for hydroxylation is 1. The molecule has 1 amide bonds. The van der Waals surface area contributed by atoms with Crippen molar-refractivity contribution in [2.24, 2.45) is 0 Å². The molecule has 0 saturated carbocycles. The van der Waals surface area contributed by atoms with E-state index in [1.165, 1.54) is 19.2 Å². The molecule has 0 aliphatic rings. The molecule has 0 spiro atoms. The Morgan fingerprint density at radius 1 is 1.38 bits per heavy atom. The summed E-state index contributed by atoms with van der Waals surface area (Å²) in [5, 5.41) is 13.3. The van der Waals surface area contributed by atoms with Gasteiger partial charge in [0.1, 0.15) is 5.82 Å². The molecule has 2 atom stereocenters. The molecule has 142 valence electrons.